The van der Waals surface area contributed by atoms with Crippen LogP contribution in [0, 0.1) is 5.82 Å². The number of halogens is 2. The van der Waals surface area contributed by atoms with E-state index in [1.807, 2.05) is 13.8 Å². The molecule has 0 spiro atoms. The molecule has 3 nitrogen and oxygen atoms in total. The van der Waals surface area contributed by atoms with Crippen LogP contribution in [0.2, 0.25) is 5.02 Å². The molecule has 1 aromatic carbocycles. The highest BCUT2D eigenvalue weighted by Gasteiger charge is 2.15. The number of nitrogens with zero attached hydrogens (tertiary/aromatic N) is 2. The van der Waals surface area contributed by atoms with Gasteiger partial charge in [-0.1, -0.05) is 23.7 Å². The molecule has 0 saturated carbocycles. The van der Waals surface area contributed by atoms with Crippen LogP contribution in [0.4, 0.5) is 4.39 Å². The number of aliphatic hydroxyl groups is 1. The highest BCUT2D eigenvalue weighted by atomic mass is 35.5. The van der Waals surface area contributed by atoms with Gasteiger partial charge in [0.05, 0.1) is 17.3 Å². The zero-order valence-electron chi connectivity index (χ0n) is 10.8. The van der Waals surface area contributed by atoms with Gasteiger partial charge >= 0.3 is 0 Å². The van der Waals surface area contributed by atoms with Crippen LogP contribution in [0.3, 0.4) is 0 Å². The van der Waals surface area contributed by atoms with Crippen molar-refractivity contribution in [2.75, 3.05) is 0 Å². The summed E-state index contributed by atoms with van der Waals surface area (Å²) in [7, 11) is 0. The lowest BCUT2D eigenvalue weighted by atomic mass is 10.0. The Balaban J connectivity index is 2.16. The van der Waals surface area contributed by atoms with E-state index in [4.69, 9.17) is 11.6 Å². The minimum atomic E-state index is -0.744. The summed E-state index contributed by atoms with van der Waals surface area (Å²) in [5.41, 5.74) is 1.29. The van der Waals surface area contributed by atoms with Crippen molar-refractivity contribution in [2.45, 2.75) is 32.4 Å². The summed E-state index contributed by atoms with van der Waals surface area (Å²) in [5, 5.41) is 14.4. The smallest absolute Gasteiger partial charge is 0.142 e. The third-order valence-electron chi connectivity index (χ3n) is 2.98. The van der Waals surface area contributed by atoms with E-state index < -0.39 is 11.9 Å². The molecule has 19 heavy (non-hydrogen) atoms. The summed E-state index contributed by atoms with van der Waals surface area (Å²) in [6.45, 7) is 4.01. The number of hydrogen-bond acceptors (Lipinski definition) is 2. The molecule has 0 amide bonds. The van der Waals surface area contributed by atoms with E-state index in [9.17, 15) is 9.50 Å². The van der Waals surface area contributed by atoms with Crippen LogP contribution in [0.15, 0.2) is 30.6 Å². The predicted molar refractivity (Wildman–Crippen MR) is 72.7 cm³/mol. The second kappa shape index (κ2) is 5.72. The largest absolute Gasteiger partial charge is 0.388 e. The minimum Gasteiger partial charge on any atom is -0.388 e. The lowest BCUT2D eigenvalue weighted by Crippen LogP contribution is -2.03. The number of benzene rings is 1. The van der Waals surface area contributed by atoms with Gasteiger partial charge in [0, 0.05) is 24.2 Å². The van der Waals surface area contributed by atoms with E-state index in [1.54, 1.807) is 29.2 Å². The summed E-state index contributed by atoms with van der Waals surface area (Å²) >= 11 is 5.87. The third-order valence-corrected chi connectivity index (χ3v) is 3.40. The van der Waals surface area contributed by atoms with Gasteiger partial charge in [-0.15, -0.1) is 0 Å². The molecule has 0 fully saturated rings. The molecule has 1 atom stereocenters. The molecule has 0 saturated heterocycles. The van der Waals surface area contributed by atoms with Crippen LogP contribution in [0.1, 0.15) is 37.1 Å². The van der Waals surface area contributed by atoms with Crippen LogP contribution < -0.4 is 0 Å². The Bertz CT molecular complexity index is 568. The Morgan fingerprint density at radius 1 is 1.42 bits per heavy atom. The van der Waals surface area contributed by atoms with Crippen molar-refractivity contribution in [1.82, 2.24) is 9.78 Å². The maximum Gasteiger partial charge on any atom is 0.142 e. The van der Waals surface area contributed by atoms with Crippen molar-refractivity contribution in [3.63, 3.8) is 0 Å². The monoisotopic (exact) mass is 282 g/mol. The summed E-state index contributed by atoms with van der Waals surface area (Å²) in [4.78, 5) is 0. The summed E-state index contributed by atoms with van der Waals surface area (Å²) in [6.07, 6.45) is 2.94. The van der Waals surface area contributed by atoms with Gasteiger partial charge in [0.15, 0.2) is 0 Å². The maximum atomic E-state index is 13.3. The second-order valence-electron chi connectivity index (χ2n) is 4.78. The third kappa shape index (κ3) is 3.14. The van der Waals surface area contributed by atoms with Crippen LogP contribution >= 0.6 is 11.6 Å². The van der Waals surface area contributed by atoms with Crippen LogP contribution in [-0.2, 0) is 6.42 Å². The zero-order chi connectivity index (χ0) is 14.0. The van der Waals surface area contributed by atoms with E-state index in [2.05, 4.69) is 5.10 Å². The minimum absolute atomic E-state index is 0.0674. The number of hydrogen-bond donors (Lipinski definition) is 1. The standard InChI is InChI=1S/C14H16ClFN2O/c1-9(2)18-8-11(7-17-18)13(19)6-10-4-3-5-12(16)14(10)15/h3-5,7-9,13,19H,6H2,1-2H3. The second-order valence-corrected chi connectivity index (χ2v) is 5.16. The van der Waals surface area contributed by atoms with Gasteiger partial charge in [0.1, 0.15) is 5.82 Å². The molecule has 0 radical (unpaired) electrons. The summed E-state index contributed by atoms with van der Waals surface area (Å²) < 4.78 is 15.1. The molecule has 0 aliphatic carbocycles. The maximum absolute atomic E-state index is 13.3. The van der Waals surface area contributed by atoms with Gasteiger partial charge in [-0.25, -0.2) is 4.39 Å². The van der Waals surface area contributed by atoms with Gasteiger partial charge in [-0.2, -0.15) is 5.10 Å². The SMILES string of the molecule is CC(C)n1cc(C(O)Cc2cccc(F)c2Cl)cn1. The molecule has 0 bridgehead atoms. The molecule has 1 aromatic heterocycles. The highest BCUT2D eigenvalue weighted by molar-refractivity contribution is 6.31. The highest BCUT2D eigenvalue weighted by Crippen LogP contribution is 2.25. The predicted octanol–water partition coefficient (Wildman–Crippen LogP) is 3.53. The fourth-order valence-electron chi connectivity index (χ4n) is 1.84. The van der Waals surface area contributed by atoms with E-state index in [0.29, 0.717) is 11.1 Å². The van der Waals surface area contributed by atoms with E-state index in [-0.39, 0.29) is 17.5 Å². The van der Waals surface area contributed by atoms with Crippen molar-refractivity contribution in [3.05, 3.63) is 52.6 Å². The normalized spacial score (nSPS) is 12.9. The molecule has 1 unspecified atom stereocenters. The molecule has 1 heterocycles. The van der Waals surface area contributed by atoms with E-state index >= 15 is 0 Å². The lowest BCUT2D eigenvalue weighted by molar-refractivity contribution is 0.178. The molecule has 0 aliphatic heterocycles. The number of aliphatic hydroxyl groups excluding tert-OH is 1. The molecular weight excluding hydrogens is 267 g/mol. The molecular formula is C14H16ClFN2O. The van der Waals surface area contributed by atoms with Crippen molar-refractivity contribution in [2.24, 2.45) is 0 Å². The molecule has 102 valence electrons. The molecule has 2 aromatic rings. The quantitative estimate of drug-likeness (QED) is 0.931. The van der Waals surface area contributed by atoms with E-state index in [0.717, 1.165) is 0 Å². The Labute approximate surface area is 116 Å². The van der Waals surface area contributed by atoms with Gasteiger partial charge in [0.25, 0.3) is 0 Å². The summed E-state index contributed by atoms with van der Waals surface area (Å²) in [5.74, 6) is -0.468. The van der Waals surface area contributed by atoms with Crippen LogP contribution in [-0.4, -0.2) is 14.9 Å². The number of aromatic nitrogens is 2. The summed E-state index contributed by atoms with van der Waals surface area (Å²) in [6, 6.07) is 4.83. The molecule has 2 rings (SSSR count). The van der Waals surface area contributed by atoms with E-state index in [1.165, 1.54) is 6.07 Å². The fourth-order valence-corrected chi connectivity index (χ4v) is 2.04. The Morgan fingerprint density at radius 3 is 2.79 bits per heavy atom. The topological polar surface area (TPSA) is 38.0 Å². The van der Waals surface area contributed by atoms with Crippen molar-refractivity contribution >= 4 is 11.6 Å². The Morgan fingerprint density at radius 2 is 2.16 bits per heavy atom. The number of rotatable bonds is 4. The Kier molecular flexibility index (Phi) is 4.22. The molecule has 1 N–H and O–H groups in total. The Hall–Kier alpha value is -1.39. The molecule has 5 heteroatoms. The van der Waals surface area contributed by atoms with Gasteiger partial charge in [0.2, 0.25) is 0 Å². The molecule has 0 aliphatic rings. The average Bonchev–Trinajstić information content (AvgIpc) is 2.84. The van der Waals surface area contributed by atoms with Crippen molar-refractivity contribution in [3.8, 4) is 0 Å². The first-order valence-electron chi connectivity index (χ1n) is 6.14. The zero-order valence-corrected chi connectivity index (χ0v) is 11.6. The first-order chi connectivity index (χ1) is 8.99. The van der Waals surface area contributed by atoms with Gasteiger partial charge in [-0.3, -0.25) is 4.68 Å². The van der Waals surface area contributed by atoms with Crippen molar-refractivity contribution < 1.29 is 9.50 Å². The fraction of sp³-hybridized carbons (Fsp3) is 0.357. The van der Waals surface area contributed by atoms with Crippen LogP contribution in [0.5, 0.6) is 0 Å². The van der Waals surface area contributed by atoms with Crippen molar-refractivity contribution in [1.29, 1.82) is 0 Å². The van der Waals surface area contributed by atoms with Gasteiger partial charge < -0.3 is 5.11 Å². The van der Waals surface area contributed by atoms with Gasteiger partial charge in [-0.05, 0) is 25.5 Å². The average molecular weight is 283 g/mol. The first kappa shape index (κ1) is 14.0. The first-order valence-corrected chi connectivity index (χ1v) is 6.52. The van der Waals surface area contributed by atoms with Crippen LogP contribution in [0.25, 0.3) is 0 Å². The lowest BCUT2D eigenvalue weighted by Gasteiger charge is -2.10.